The van der Waals surface area contributed by atoms with E-state index in [1.165, 1.54) is 16.6 Å². The van der Waals surface area contributed by atoms with Crippen LogP contribution in [-0.2, 0) is 11.3 Å². The van der Waals surface area contributed by atoms with Gasteiger partial charge in [-0.3, -0.25) is 0 Å². The summed E-state index contributed by atoms with van der Waals surface area (Å²) in [6.07, 6.45) is 4.93. The lowest BCUT2D eigenvalue weighted by Crippen LogP contribution is -2.27. The van der Waals surface area contributed by atoms with Crippen LogP contribution in [0.4, 0.5) is 0 Å². The van der Waals surface area contributed by atoms with Gasteiger partial charge in [-0.1, -0.05) is 6.92 Å². The third-order valence-corrected chi connectivity index (χ3v) is 4.45. The topological polar surface area (TPSA) is 39.1 Å². The van der Waals surface area contributed by atoms with Crippen LogP contribution in [-0.4, -0.2) is 34.8 Å². The highest BCUT2D eigenvalue weighted by Gasteiger charge is 2.25. The molecule has 1 saturated heterocycles. The fourth-order valence-corrected chi connectivity index (χ4v) is 3.05. The summed E-state index contributed by atoms with van der Waals surface area (Å²) in [4.78, 5) is 4.53. The first kappa shape index (κ1) is 14.5. The van der Waals surface area contributed by atoms with Gasteiger partial charge in [-0.25, -0.2) is 4.98 Å². The van der Waals surface area contributed by atoms with E-state index in [2.05, 4.69) is 47.8 Å². The minimum atomic E-state index is 0.313. The zero-order valence-corrected chi connectivity index (χ0v) is 13.2. The molecule has 21 heavy (non-hydrogen) atoms. The van der Waals surface area contributed by atoms with Gasteiger partial charge in [-0.2, -0.15) is 0 Å². The minimum absolute atomic E-state index is 0.313. The number of benzene rings is 1. The van der Waals surface area contributed by atoms with Gasteiger partial charge >= 0.3 is 0 Å². The van der Waals surface area contributed by atoms with E-state index >= 15 is 0 Å². The monoisotopic (exact) mass is 287 g/mol. The van der Waals surface area contributed by atoms with E-state index in [0.717, 1.165) is 38.0 Å². The van der Waals surface area contributed by atoms with Crippen LogP contribution >= 0.6 is 0 Å². The van der Waals surface area contributed by atoms with E-state index < -0.39 is 0 Å². The maximum Gasteiger partial charge on any atom is 0.0959 e. The molecule has 4 nitrogen and oxygen atoms in total. The van der Waals surface area contributed by atoms with Gasteiger partial charge in [-0.15, -0.1) is 0 Å². The normalized spacial score (nSPS) is 22.2. The van der Waals surface area contributed by atoms with Crippen LogP contribution in [0.1, 0.15) is 30.9 Å². The lowest BCUT2D eigenvalue weighted by molar-refractivity contribution is 0.0370. The number of nitrogens with zero attached hydrogens (tertiary/aromatic N) is 2. The quantitative estimate of drug-likeness (QED) is 0.919. The molecule has 4 heteroatoms. The van der Waals surface area contributed by atoms with Gasteiger partial charge in [0.2, 0.25) is 0 Å². The number of aromatic nitrogens is 2. The van der Waals surface area contributed by atoms with Crippen molar-refractivity contribution in [3.8, 4) is 0 Å². The zero-order chi connectivity index (χ0) is 14.8. The minimum Gasteiger partial charge on any atom is -0.372 e. The number of fused-ring (bicyclic) bond motifs is 1. The second-order valence-electron chi connectivity index (χ2n) is 6.09. The molecule has 1 aliphatic rings. The number of hydrogen-bond acceptors (Lipinski definition) is 3. The average molecular weight is 287 g/mol. The third-order valence-electron chi connectivity index (χ3n) is 4.45. The Morgan fingerprint density at radius 1 is 1.24 bits per heavy atom. The summed E-state index contributed by atoms with van der Waals surface area (Å²) in [5.41, 5.74) is 4.93. The molecule has 2 unspecified atom stereocenters. The highest BCUT2D eigenvalue weighted by molar-refractivity contribution is 5.77. The fourth-order valence-electron chi connectivity index (χ4n) is 3.05. The van der Waals surface area contributed by atoms with Crippen LogP contribution in [0.2, 0.25) is 0 Å². The third kappa shape index (κ3) is 3.11. The highest BCUT2D eigenvalue weighted by Crippen LogP contribution is 2.23. The Kier molecular flexibility index (Phi) is 4.27. The Balaban J connectivity index is 1.70. The van der Waals surface area contributed by atoms with Gasteiger partial charge in [0, 0.05) is 6.54 Å². The number of likely N-dealkylation sites (N-methyl/N-ethyl adjacent to an activating group) is 1. The predicted molar refractivity (Wildman–Crippen MR) is 85.6 cm³/mol. The second-order valence-corrected chi connectivity index (χ2v) is 6.09. The van der Waals surface area contributed by atoms with Crippen molar-refractivity contribution >= 4 is 11.0 Å². The maximum atomic E-state index is 6.13. The summed E-state index contributed by atoms with van der Waals surface area (Å²) < 4.78 is 8.37. The van der Waals surface area contributed by atoms with Crippen molar-refractivity contribution in [3.05, 3.63) is 29.6 Å². The van der Waals surface area contributed by atoms with Crippen molar-refractivity contribution in [1.29, 1.82) is 0 Å². The molecular formula is C17H25N3O. The molecule has 1 N–H and O–H groups in total. The fraction of sp³-hybridized carbons (Fsp3) is 0.588. The average Bonchev–Trinajstić information content (AvgIpc) is 3.06. The second kappa shape index (κ2) is 6.16. The van der Waals surface area contributed by atoms with Crippen LogP contribution in [0.5, 0.6) is 0 Å². The molecule has 1 fully saturated rings. The Hall–Kier alpha value is -1.39. The van der Waals surface area contributed by atoms with Crippen LogP contribution in [0.15, 0.2) is 18.5 Å². The van der Waals surface area contributed by atoms with Crippen molar-refractivity contribution in [2.45, 2.75) is 52.4 Å². The van der Waals surface area contributed by atoms with Crippen LogP contribution < -0.4 is 5.32 Å². The van der Waals surface area contributed by atoms with Crippen LogP contribution in [0.25, 0.3) is 11.0 Å². The number of nitrogens with one attached hydrogen (secondary N) is 1. The van der Waals surface area contributed by atoms with Crippen molar-refractivity contribution in [2.75, 3.05) is 13.1 Å². The number of aryl methyl sites for hydroxylation is 2. The van der Waals surface area contributed by atoms with Crippen LogP contribution in [0.3, 0.4) is 0 Å². The van der Waals surface area contributed by atoms with Gasteiger partial charge in [0.25, 0.3) is 0 Å². The first-order chi connectivity index (χ1) is 10.2. The van der Waals surface area contributed by atoms with Gasteiger partial charge in [0.05, 0.1) is 36.1 Å². The molecule has 1 aromatic heterocycles. The molecule has 2 heterocycles. The molecule has 0 bridgehead atoms. The Bertz CT molecular complexity index is 620. The molecule has 2 atom stereocenters. The summed E-state index contributed by atoms with van der Waals surface area (Å²) in [6, 6.07) is 4.41. The molecule has 1 aromatic carbocycles. The number of ether oxygens (including phenoxy) is 1. The van der Waals surface area contributed by atoms with E-state index in [0.29, 0.717) is 12.2 Å². The molecule has 0 amide bonds. The van der Waals surface area contributed by atoms with Crippen molar-refractivity contribution in [2.24, 2.45) is 0 Å². The Morgan fingerprint density at radius 2 is 2.00 bits per heavy atom. The largest absolute Gasteiger partial charge is 0.372 e. The summed E-state index contributed by atoms with van der Waals surface area (Å²) in [6.45, 7) is 9.31. The molecule has 2 aromatic rings. The summed E-state index contributed by atoms with van der Waals surface area (Å²) >= 11 is 0. The smallest absolute Gasteiger partial charge is 0.0959 e. The first-order valence-electron chi connectivity index (χ1n) is 7.95. The zero-order valence-electron chi connectivity index (χ0n) is 13.2. The number of rotatable bonds is 5. The molecule has 0 aliphatic carbocycles. The molecular weight excluding hydrogens is 262 g/mol. The van der Waals surface area contributed by atoms with Crippen molar-refractivity contribution < 1.29 is 4.74 Å². The molecule has 3 rings (SSSR count). The van der Waals surface area contributed by atoms with Gasteiger partial charge in [0.1, 0.15) is 0 Å². The lowest BCUT2D eigenvalue weighted by Gasteiger charge is -2.15. The number of hydrogen-bond donors (Lipinski definition) is 1. The Labute approximate surface area is 126 Å². The van der Waals surface area contributed by atoms with Gasteiger partial charge < -0.3 is 14.6 Å². The van der Waals surface area contributed by atoms with E-state index in [1.807, 2.05) is 6.33 Å². The van der Waals surface area contributed by atoms with Crippen molar-refractivity contribution in [3.63, 3.8) is 0 Å². The van der Waals surface area contributed by atoms with E-state index in [1.54, 1.807) is 0 Å². The molecule has 1 aliphatic heterocycles. The first-order valence-corrected chi connectivity index (χ1v) is 7.95. The SMILES string of the molecule is CCNCC1CCC(Cn2cnc3cc(C)c(C)cc32)O1. The van der Waals surface area contributed by atoms with Crippen molar-refractivity contribution in [1.82, 2.24) is 14.9 Å². The van der Waals surface area contributed by atoms with Gasteiger partial charge in [0.15, 0.2) is 0 Å². The standard InChI is InChI=1S/C17H25N3O/c1-4-18-9-14-5-6-15(21-14)10-20-11-19-16-7-12(2)13(3)8-17(16)20/h7-8,11,14-15,18H,4-6,9-10H2,1-3H3. The maximum absolute atomic E-state index is 6.13. The Morgan fingerprint density at radius 3 is 2.81 bits per heavy atom. The van der Waals surface area contributed by atoms with E-state index in [4.69, 9.17) is 4.74 Å². The number of imidazole rings is 1. The molecule has 114 valence electrons. The van der Waals surface area contributed by atoms with Gasteiger partial charge in [-0.05, 0) is 56.5 Å². The van der Waals surface area contributed by atoms with E-state index in [-0.39, 0.29) is 0 Å². The molecule has 0 spiro atoms. The summed E-state index contributed by atoms with van der Waals surface area (Å²) in [5, 5.41) is 3.37. The summed E-state index contributed by atoms with van der Waals surface area (Å²) in [7, 11) is 0. The van der Waals surface area contributed by atoms with Crippen LogP contribution in [0, 0.1) is 13.8 Å². The van der Waals surface area contributed by atoms with E-state index in [9.17, 15) is 0 Å². The predicted octanol–water partition coefficient (Wildman–Crippen LogP) is 2.81. The lowest BCUT2D eigenvalue weighted by atomic mass is 10.1. The highest BCUT2D eigenvalue weighted by atomic mass is 16.5. The summed E-state index contributed by atoms with van der Waals surface area (Å²) in [5.74, 6) is 0. The molecule has 0 saturated carbocycles. The molecule has 0 radical (unpaired) electrons.